The Hall–Kier alpha value is -1.63. The highest BCUT2D eigenvalue weighted by Gasteiger charge is 2.18. The van der Waals surface area contributed by atoms with Crippen LogP contribution in [-0.4, -0.2) is 29.4 Å². The fourth-order valence-electron chi connectivity index (χ4n) is 1.19. The molecule has 0 radical (unpaired) electrons. The van der Waals surface area contributed by atoms with Crippen molar-refractivity contribution < 1.29 is 9.59 Å². The summed E-state index contributed by atoms with van der Waals surface area (Å²) in [5, 5.41) is 7.21. The number of carbonyl (C=O) groups is 2. The Morgan fingerprint density at radius 1 is 1.44 bits per heavy atom. The number of anilines is 1. The number of nitrogen functional groups attached to an aromatic ring is 1. The Balaban J connectivity index is 2.46. The second-order valence-corrected chi connectivity index (χ2v) is 5.29. The van der Waals surface area contributed by atoms with Crippen molar-refractivity contribution in [3.63, 3.8) is 0 Å². The number of rotatable bonds is 5. The zero-order valence-electron chi connectivity index (χ0n) is 10.7. The number of nitrogens with one attached hydrogen (secondary N) is 2. The van der Waals surface area contributed by atoms with E-state index >= 15 is 0 Å². The average Bonchev–Trinajstić information content (AvgIpc) is 2.72. The molecule has 0 spiro atoms. The van der Waals surface area contributed by atoms with E-state index in [1.807, 2.05) is 13.8 Å². The van der Waals surface area contributed by atoms with Crippen LogP contribution in [0.3, 0.4) is 0 Å². The molecule has 18 heavy (non-hydrogen) atoms. The normalized spacial score (nSPS) is 12.2. The van der Waals surface area contributed by atoms with Crippen LogP contribution in [0.4, 0.5) is 5.13 Å². The number of hydrogen-bond donors (Lipinski definition) is 3. The molecule has 0 aliphatic rings. The van der Waals surface area contributed by atoms with Crippen LogP contribution in [0.25, 0.3) is 0 Å². The van der Waals surface area contributed by atoms with Gasteiger partial charge in [0, 0.05) is 11.9 Å². The molecule has 1 heterocycles. The van der Waals surface area contributed by atoms with Gasteiger partial charge in [0.25, 0.3) is 5.91 Å². The fraction of sp³-hybridized carbons (Fsp3) is 0.545. The zero-order chi connectivity index (χ0) is 13.7. The third kappa shape index (κ3) is 4.33. The van der Waals surface area contributed by atoms with Crippen molar-refractivity contribution in [3.8, 4) is 0 Å². The van der Waals surface area contributed by atoms with Crippen LogP contribution >= 0.6 is 11.3 Å². The summed E-state index contributed by atoms with van der Waals surface area (Å²) in [4.78, 5) is 27.2. The lowest BCUT2D eigenvalue weighted by Gasteiger charge is -2.14. The Morgan fingerprint density at radius 3 is 2.61 bits per heavy atom. The molecule has 4 N–H and O–H groups in total. The van der Waals surface area contributed by atoms with E-state index < -0.39 is 11.9 Å². The summed E-state index contributed by atoms with van der Waals surface area (Å²) in [5.74, 6) is -0.231. The van der Waals surface area contributed by atoms with E-state index in [0.717, 1.165) is 0 Å². The Bertz CT molecular complexity index is 430. The third-order valence-corrected chi connectivity index (χ3v) is 2.85. The van der Waals surface area contributed by atoms with Crippen molar-refractivity contribution in [2.75, 3.05) is 12.3 Å². The Morgan fingerprint density at radius 2 is 2.11 bits per heavy atom. The summed E-state index contributed by atoms with van der Waals surface area (Å²) >= 11 is 1.19. The van der Waals surface area contributed by atoms with Gasteiger partial charge in [-0.1, -0.05) is 13.8 Å². The molecule has 0 fully saturated rings. The van der Waals surface area contributed by atoms with Crippen molar-refractivity contribution in [1.82, 2.24) is 15.6 Å². The fourth-order valence-corrected chi connectivity index (χ4v) is 1.73. The lowest BCUT2D eigenvalue weighted by molar-refractivity contribution is -0.122. The van der Waals surface area contributed by atoms with Crippen LogP contribution in [0.2, 0.25) is 0 Å². The summed E-state index contributed by atoms with van der Waals surface area (Å²) in [7, 11) is 0. The SMILES string of the molecule is CC(C)CNC(=O)C(C)NC(=O)c1csc(N)n1. The summed E-state index contributed by atoms with van der Waals surface area (Å²) in [6.07, 6.45) is 0. The minimum absolute atomic E-state index is 0.208. The molecule has 0 saturated heterocycles. The minimum atomic E-state index is -0.598. The molecule has 0 aromatic carbocycles. The van der Waals surface area contributed by atoms with Crippen LogP contribution in [-0.2, 0) is 4.79 Å². The number of thiazole rings is 1. The third-order valence-electron chi connectivity index (χ3n) is 2.18. The highest BCUT2D eigenvalue weighted by atomic mass is 32.1. The van der Waals surface area contributed by atoms with E-state index in [1.54, 1.807) is 12.3 Å². The maximum absolute atomic E-state index is 11.7. The molecule has 0 saturated carbocycles. The topological polar surface area (TPSA) is 97.1 Å². The van der Waals surface area contributed by atoms with Crippen molar-refractivity contribution in [1.29, 1.82) is 0 Å². The molecule has 7 heteroatoms. The van der Waals surface area contributed by atoms with Crippen molar-refractivity contribution in [3.05, 3.63) is 11.1 Å². The molecule has 6 nitrogen and oxygen atoms in total. The molecular formula is C11H18N4O2S. The predicted octanol–water partition coefficient (Wildman–Crippen LogP) is 0.616. The maximum Gasteiger partial charge on any atom is 0.271 e. The molecule has 100 valence electrons. The van der Waals surface area contributed by atoms with Gasteiger partial charge >= 0.3 is 0 Å². The molecule has 1 aromatic rings. The maximum atomic E-state index is 11.7. The molecule has 0 bridgehead atoms. The van der Waals surface area contributed by atoms with E-state index in [2.05, 4.69) is 15.6 Å². The van der Waals surface area contributed by atoms with Gasteiger partial charge in [0.1, 0.15) is 11.7 Å². The van der Waals surface area contributed by atoms with Gasteiger partial charge in [-0.2, -0.15) is 0 Å². The van der Waals surface area contributed by atoms with Gasteiger partial charge in [-0.25, -0.2) is 4.98 Å². The molecule has 1 aromatic heterocycles. The van der Waals surface area contributed by atoms with Gasteiger partial charge < -0.3 is 16.4 Å². The van der Waals surface area contributed by atoms with Crippen molar-refractivity contribution in [2.45, 2.75) is 26.8 Å². The number of hydrogen-bond acceptors (Lipinski definition) is 5. The first-order chi connectivity index (χ1) is 8.40. The average molecular weight is 270 g/mol. The van der Waals surface area contributed by atoms with Gasteiger partial charge in [0.05, 0.1) is 0 Å². The summed E-state index contributed by atoms with van der Waals surface area (Å²) in [6.45, 7) is 6.22. The smallest absolute Gasteiger partial charge is 0.271 e. The lowest BCUT2D eigenvalue weighted by atomic mass is 10.2. The number of carbonyl (C=O) groups excluding carboxylic acids is 2. The van der Waals surface area contributed by atoms with Crippen molar-refractivity contribution in [2.24, 2.45) is 5.92 Å². The number of nitrogens with zero attached hydrogens (tertiary/aromatic N) is 1. The molecule has 0 aliphatic heterocycles. The molecule has 1 rings (SSSR count). The van der Waals surface area contributed by atoms with E-state index in [0.29, 0.717) is 17.6 Å². The Labute approximate surface area is 110 Å². The number of aromatic nitrogens is 1. The molecule has 1 unspecified atom stereocenters. The largest absolute Gasteiger partial charge is 0.375 e. The number of nitrogens with two attached hydrogens (primary N) is 1. The quantitative estimate of drug-likeness (QED) is 0.730. The highest BCUT2D eigenvalue weighted by molar-refractivity contribution is 7.13. The predicted molar refractivity (Wildman–Crippen MR) is 71.3 cm³/mol. The van der Waals surface area contributed by atoms with Crippen LogP contribution < -0.4 is 16.4 Å². The van der Waals surface area contributed by atoms with Crippen molar-refractivity contribution >= 4 is 28.3 Å². The highest BCUT2D eigenvalue weighted by Crippen LogP contribution is 2.10. The van der Waals surface area contributed by atoms with Gasteiger partial charge in [0.2, 0.25) is 5.91 Å². The van der Waals surface area contributed by atoms with Crippen LogP contribution in [0, 0.1) is 5.92 Å². The number of amides is 2. The monoisotopic (exact) mass is 270 g/mol. The van der Waals surface area contributed by atoms with Gasteiger partial charge in [-0.05, 0) is 12.8 Å². The lowest BCUT2D eigenvalue weighted by Crippen LogP contribution is -2.45. The first kappa shape index (κ1) is 14.4. The zero-order valence-corrected chi connectivity index (χ0v) is 11.5. The van der Waals surface area contributed by atoms with Crippen LogP contribution in [0.15, 0.2) is 5.38 Å². The first-order valence-corrected chi connectivity index (χ1v) is 6.57. The van der Waals surface area contributed by atoms with Crippen LogP contribution in [0.1, 0.15) is 31.3 Å². The standard InChI is InChI=1S/C11H18N4O2S/c1-6(2)4-13-9(16)7(3)14-10(17)8-5-18-11(12)15-8/h5-7H,4H2,1-3H3,(H2,12,15)(H,13,16)(H,14,17). The first-order valence-electron chi connectivity index (χ1n) is 5.69. The summed E-state index contributed by atoms with van der Waals surface area (Å²) < 4.78 is 0. The summed E-state index contributed by atoms with van der Waals surface area (Å²) in [6, 6.07) is -0.598. The van der Waals surface area contributed by atoms with E-state index in [-0.39, 0.29) is 11.6 Å². The van der Waals surface area contributed by atoms with Gasteiger partial charge in [-0.15, -0.1) is 11.3 Å². The summed E-state index contributed by atoms with van der Waals surface area (Å²) in [5.41, 5.74) is 5.67. The van der Waals surface area contributed by atoms with E-state index in [1.165, 1.54) is 11.3 Å². The second kappa shape index (κ2) is 6.34. The molecule has 1 atom stereocenters. The van der Waals surface area contributed by atoms with Gasteiger partial charge in [-0.3, -0.25) is 9.59 Å². The minimum Gasteiger partial charge on any atom is -0.375 e. The second-order valence-electron chi connectivity index (χ2n) is 4.41. The van der Waals surface area contributed by atoms with Crippen LogP contribution in [0.5, 0.6) is 0 Å². The molecular weight excluding hydrogens is 252 g/mol. The molecule has 2 amide bonds. The van der Waals surface area contributed by atoms with E-state index in [9.17, 15) is 9.59 Å². The Kier molecular flexibility index (Phi) is 5.08. The molecule has 0 aliphatic carbocycles. The van der Waals surface area contributed by atoms with E-state index in [4.69, 9.17) is 5.73 Å². The van der Waals surface area contributed by atoms with Gasteiger partial charge in [0.15, 0.2) is 5.13 Å².